The first-order valence-corrected chi connectivity index (χ1v) is 10.9. The number of hydrogen-bond donors (Lipinski definition) is 1. The lowest BCUT2D eigenvalue weighted by atomic mass is 10.2. The standard InChI is InChI=1S/C23H28ClN5O2/c1-5-28(6-2)10-7-11-29-14-16(18-12-15-17(24)8-9-25-23(15)27-18)20-21(29)22(31-4)19(30-3)13-26-20/h8-9,12-14H,5-7,10-11H2,1-4H3,(H,25,27). The van der Waals surface area contributed by atoms with Crippen molar-refractivity contribution in [2.75, 3.05) is 33.9 Å². The molecule has 4 aromatic heterocycles. The molecule has 0 aliphatic heterocycles. The summed E-state index contributed by atoms with van der Waals surface area (Å²) in [4.78, 5) is 14.9. The lowest BCUT2D eigenvalue weighted by Crippen LogP contribution is -2.24. The van der Waals surface area contributed by atoms with Gasteiger partial charge in [-0.2, -0.15) is 0 Å². The predicted octanol–water partition coefficient (Wildman–Crippen LogP) is 4.98. The van der Waals surface area contributed by atoms with Crippen molar-refractivity contribution >= 4 is 33.7 Å². The zero-order valence-corrected chi connectivity index (χ0v) is 19.2. The molecule has 0 radical (unpaired) electrons. The van der Waals surface area contributed by atoms with Gasteiger partial charge >= 0.3 is 0 Å². The molecule has 0 bridgehead atoms. The average Bonchev–Trinajstić information content (AvgIpc) is 3.38. The molecule has 0 fully saturated rings. The van der Waals surface area contributed by atoms with Gasteiger partial charge in [-0.25, -0.2) is 9.97 Å². The van der Waals surface area contributed by atoms with Gasteiger partial charge in [0.25, 0.3) is 0 Å². The van der Waals surface area contributed by atoms with Crippen LogP contribution < -0.4 is 9.47 Å². The maximum atomic E-state index is 6.37. The highest BCUT2D eigenvalue weighted by Crippen LogP contribution is 2.40. The molecular formula is C23H28ClN5O2. The van der Waals surface area contributed by atoms with Crippen molar-refractivity contribution in [2.24, 2.45) is 0 Å². The molecule has 164 valence electrons. The van der Waals surface area contributed by atoms with Crippen LogP contribution in [0.2, 0.25) is 5.02 Å². The highest BCUT2D eigenvalue weighted by atomic mass is 35.5. The Labute approximate surface area is 186 Å². The smallest absolute Gasteiger partial charge is 0.188 e. The van der Waals surface area contributed by atoms with Gasteiger partial charge in [0, 0.05) is 29.9 Å². The summed E-state index contributed by atoms with van der Waals surface area (Å²) in [7, 11) is 3.29. The number of pyridine rings is 2. The van der Waals surface area contributed by atoms with Gasteiger partial charge in [-0.05, 0) is 38.2 Å². The summed E-state index contributed by atoms with van der Waals surface area (Å²) in [5, 5.41) is 1.56. The maximum Gasteiger partial charge on any atom is 0.188 e. The first-order chi connectivity index (χ1) is 15.1. The van der Waals surface area contributed by atoms with Crippen LogP contribution in [0.25, 0.3) is 33.3 Å². The zero-order valence-electron chi connectivity index (χ0n) is 18.4. The summed E-state index contributed by atoms with van der Waals surface area (Å²) in [6.07, 6.45) is 6.55. The Bertz CT molecular complexity index is 1200. The fourth-order valence-electron chi connectivity index (χ4n) is 4.07. The van der Waals surface area contributed by atoms with Crippen LogP contribution in [-0.2, 0) is 6.54 Å². The van der Waals surface area contributed by atoms with Crippen LogP contribution in [0.3, 0.4) is 0 Å². The van der Waals surface area contributed by atoms with Gasteiger partial charge < -0.3 is 23.9 Å². The van der Waals surface area contributed by atoms with Crippen LogP contribution in [0, 0.1) is 0 Å². The van der Waals surface area contributed by atoms with E-state index in [4.69, 9.17) is 26.1 Å². The highest BCUT2D eigenvalue weighted by molar-refractivity contribution is 6.35. The van der Waals surface area contributed by atoms with Crippen molar-refractivity contribution in [3.63, 3.8) is 0 Å². The SMILES string of the molecule is CCN(CC)CCCn1cc(-c2cc3c(Cl)ccnc3[nH]2)c2ncc(OC)c(OC)c21. The molecule has 1 N–H and O–H groups in total. The molecule has 0 aliphatic carbocycles. The lowest BCUT2D eigenvalue weighted by molar-refractivity contribution is 0.293. The third kappa shape index (κ3) is 3.95. The van der Waals surface area contributed by atoms with Crippen LogP contribution in [0.15, 0.2) is 30.7 Å². The van der Waals surface area contributed by atoms with E-state index in [1.54, 1.807) is 32.7 Å². The third-order valence-electron chi connectivity index (χ3n) is 5.76. The highest BCUT2D eigenvalue weighted by Gasteiger charge is 2.21. The van der Waals surface area contributed by atoms with E-state index < -0.39 is 0 Å². The second-order valence-corrected chi connectivity index (χ2v) is 7.82. The fourth-order valence-corrected chi connectivity index (χ4v) is 4.27. The summed E-state index contributed by atoms with van der Waals surface area (Å²) < 4.78 is 13.5. The minimum atomic E-state index is 0.617. The van der Waals surface area contributed by atoms with Gasteiger partial charge in [0.2, 0.25) is 0 Å². The number of nitrogens with one attached hydrogen (secondary N) is 1. The van der Waals surface area contributed by atoms with E-state index in [0.717, 1.165) is 65.9 Å². The summed E-state index contributed by atoms with van der Waals surface area (Å²) in [6.45, 7) is 8.37. The van der Waals surface area contributed by atoms with Crippen molar-refractivity contribution in [3.8, 4) is 22.8 Å². The van der Waals surface area contributed by atoms with Crippen molar-refractivity contribution < 1.29 is 9.47 Å². The van der Waals surface area contributed by atoms with E-state index in [1.807, 2.05) is 6.07 Å². The van der Waals surface area contributed by atoms with E-state index in [1.165, 1.54) is 0 Å². The Morgan fingerprint density at radius 3 is 2.65 bits per heavy atom. The van der Waals surface area contributed by atoms with E-state index in [0.29, 0.717) is 16.5 Å². The van der Waals surface area contributed by atoms with Crippen LogP contribution in [-0.4, -0.2) is 58.3 Å². The molecule has 0 atom stereocenters. The predicted molar refractivity (Wildman–Crippen MR) is 125 cm³/mol. The number of fused-ring (bicyclic) bond motifs is 2. The zero-order chi connectivity index (χ0) is 22.0. The first-order valence-electron chi connectivity index (χ1n) is 10.6. The van der Waals surface area contributed by atoms with Crippen LogP contribution in [0.5, 0.6) is 11.5 Å². The summed E-state index contributed by atoms with van der Waals surface area (Å²) >= 11 is 6.37. The number of halogens is 1. The van der Waals surface area contributed by atoms with Crippen molar-refractivity contribution in [3.05, 3.63) is 35.7 Å². The van der Waals surface area contributed by atoms with Crippen LogP contribution >= 0.6 is 11.6 Å². The summed E-state index contributed by atoms with van der Waals surface area (Å²) in [6, 6.07) is 3.82. The van der Waals surface area contributed by atoms with Crippen LogP contribution in [0.4, 0.5) is 0 Å². The van der Waals surface area contributed by atoms with Crippen molar-refractivity contribution in [1.82, 2.24) is 24.4 Å². The van der Waals surface area contributed by atoms with Gasteiger partial charge in [0.15, 0.2) is 11.5 Å². The van der Waals surface area contributed by atoms with Crippen molar-refractivity contribution in [1.29, 1.82) is 0 Å². The number of ether oxygens (including phenoxy) is 2. The quantitative estimate of drug-likeness (QED) is 0.396. The number of methoxy groups -OCH3 is 2. The number of hydrogen-bond acceptors (Lipinski definition) is 5. The molecule has 0 amide bonds. The summed E-state index contributed by atoms with van der Waals surface area (Å²) in [5.41, 5.74) is 4.43. The number of aromatic nitrogens is 4. The summed E-state index contributed by atoms with van der Waals surface area (Å²) in [5.74, 6) is 1.31. The molecule has 0 spiro atoms. The first kappa shape index (κ1) is 21.5. The molecule has 4 heterocycles. The molecule has 0 aromatic carbocycles. The monoisotopic (exact) mass is 441 g/mol. The van der Waals surface area contributed by atoms with Crippen LogP contribution in [0.1, 0.15) is 20.3 Å². The van der Waals surface area contributed by atoms with Gasteiger partial charge in [-0.15, -0.1) is 0 Å². The number of H-pyrrole nitrogens is 1. The lowest BCUT2D eigenvalue weighted by Gasteiger charge is -2.18. The van der Waals surface area contributed by atoms with E-state index >= 15 is 0 Å². The number of aryl methyl sites for hydroxylation is 1. The topological polar surface area (TPSA) is 68.2 Å². The van der Waals surface area contributed by atoms with Crippen molar-refractivity contribution in [2.45, 2.75) is 26.8 Å². The van der Waals surface area contributed by atoms with E-state index in [2.05, 4.69) is 39.5 Å². The number of nitrogens with zero attached hydrogens (tertiary/aromatic N) is 4. The Balaban J connectivity index is 1.82. The normalized spacial score (nSPS) is 11.7. The minimum absolute atomic E-state index is 0.617. The molecule has 0 saturated heterocycles. The number of rotatable bonds is 9. The van der Waals surface area contributed by atoms with Gasteiger partial charge in [0.05, 0.1) is 31.1 Å². The molecule has 8 heteroatoms. The Morgan fingerprint density at radius 2 is 1.97 bits per heavy atom. The minimum Gasteiger partial charge on any atom is -0.491 e. The average molecular weight is 442 g/mol. The molecular weight excluding hydrogens is 414 g/mol. The molecule has 0 aliphatic rings. The van der Waals surface area contributed by atoms with E-state index in [-0.39, 0.29) is 0 Å². The largest absolute Gasteiger partial charge is 0.491 e. The maximum absolute atomic E-state index is 6.37. The number of aromatic amines is 1. The Kier molecular flexibility index (Phi) is 6.34. The molecule has 4 aromatic rings. The molecule has 4 rings (SSSR count). The fraction of sp³-hybridized carbons (Fsp3) is 0.391. The Morgan fingerprint density at radius 1 is 1.16 bits per heavy atom. The molecule has 0 unspecified atom stereocenters. The molecule has 31 heavy (non-hydrogen) atoms. The second kappa shape index (κ2) is 9.16. The molecule has 7 nitrogen and oxygen atoms in total. The molecule has 0 saturated carbocycles. The van der Waals surface area contributed by atoms with Gasteiger partial charge in [-0.1, -0.05) is 25.4 Å². The second-order valence-electron chi connectivity index (χ2n) is 7.41. The third-order valence-corrected chi connectivity index (χ3v) is 6.09. The Hall–Kier alpha value is -2.77. The van der Waals surface area contributed by atoms with Gasteiger partial charge in [-0.3, -0.25) is 0 Å². The van der Waals surface area contributed by atoms with E-state index in [9.17, 15) is 0 Å². The van der Waals surface area contributed by atoms with Gasteiger partial charge in [0.1, 0.15) is 16.7 Å².